The summed E-state index contributed by atoms with van der Waals surface area (Å²) in [6, 6.07) is 9.48. The van der Waals surface area contributed by atoms with Gasteiger partial charge in [0.1, 0.15) is 11.6 Å². The minimum absolute atomic E-state index is 0.0199. The first-order chi connectivity index (χ1) is 14.1. The number of hydrogen-bond acceptors (Lipinski definition) is 4. The quantitative estimate of drug-likeness (QED) is 0.675. The molecule has 0 bridgehead atoms. The van der Waals surface area contributed by atoms with Gasteiger partial charge in [-0.25, -0.2) is 9.67 Å². The number of hydrogen-bond donors (Lipinski definition) is 1. The Morgan fingerprint density at radius 1 is 1.14 bits per heavy atom. The number of imidazole rings is 1. The number of aromatic nitrogens is 4. The molecule has 1 N–H and O–H groups in total. The molecule has 1 aliphatic rings. The van der Waals surface area contributed by atoms with Gasteiger partial charge in [-0.2, -0.15) is 5.10 Å². The van der Waals surface area contributed by atoms with E-state index in [1.807, 2.05) is 54.3 Å². The highest BCUT2D eigenvalue weighted by Crippen LogP contribution is 2.21. The average Bonchev–Trinajstić information content (AvgIpc) is 3.33. The molecule has 29 heavy (non-hydrogen) atoms. The van der Waals surface area contributed by atoms with Crippen molar-refractivity contribution < 1.29 is 4.79 Å². The lowest BCUT2D eigenvalue weighted by Gasteiger charge is -2.30. The number of benzene rings is 1. The molecule has 0 unspecified atom stereocenters. The highest BCUT2D eigenvalue weighted by atomic mass is 35.5. The summed E-state index contributed by atoms with van der Waals surface area (Å²) in [6.45, 7) is 3.21. The molecule has 8 heteroatoms. The highest BCUT2D eigenvalue weighted by Gasteiger charge is 2.26. The molecule has 3 heterocycles. The zero-order valence-electron chi connectivity index (χ0n) is 16.5. The molecule has 2 aromatic heterocycles. The molecule has 0 aliphatic carbocycles. The highest BCUT2D eigenvalue weighted by molar-refractivity contribution is 6.30. The Labute approximate surface area is 175 Å². The molecule has 4 rings (SSSR count). The number of nitrogens with zero attached hydrogens (tertiary/aromatic N) is 5. The van der Waals surface area contributed by atoms with E-state index in [4.69, 9.17) is 11.6 Å². The summed E-state index contributed by atoms with van der Waals surface area (Å²) in [5, 5.41) is 8.11. The summed E-state index contributed by atoms with van der Waals surface area (Å²) < 4.78 is 3.85. The number of amides is 1. The predicted octanol–water partition coefficient (Wildman–Crippen LogP) is 3.17. The van der Waals surface area contributed by atoms with Gasteiger partial charge in [0.2, 0.25) is 5.91 Å². The van der Waals surface area contributed by atoms with Crippen LogP contribution in [-0.2, 0) is 24.9 Å². The van der Waals surface area contributed by atoms with Crippen molar-refractivity contribution in [2.45, 2.75) is 25.9 Å². The van der Waals surface area contributed by atoms with Gasteiger partial charge in [0, 0.05) is 36.4 Å². The van der Waals surface area contributed by atoms with Crippen molar-refractivity contribution in [3.05, 3.63) is 65.3 Å². The predicted molar refractivity (Wildman–Crippen MR) is 113 cm³/mol. The van der Waals surface area contributed by atoms with Crippen LogP contribution in [0.4, 0.5) is 5.82 Å². The maximum absolute atomic E-state index is 12.8. The molecule has 7 nitrogen and oxygen atoms in total. The molecule has 1 amide bonds. The smallest absolute Gasteiger partial charge is 0.228 e. The number of piperidine rings is 1. The fourth-order valence-corrected chi connectivity index (χ4v) is 3.78. The van der Waals surface area contributed by atoms with Gasteiger partial charge in [-0.05, 0) is 43.6 Å². The van der Waals surface area contributed by atoms with Crippen molar-refractivity contribution >= 4 is 23.3 Å². The zero-order valence-corrected chi connectivity index (χ0v) is 17.2. The Morgan fingerprint density at radius 3 is 2.59 bits per heavy atom. The molecule has 0 radical (unpaired) electrons. The first kappa shape index (κ1) is 19.7. The minimum Gasteiger partial charge on any atom is -0.337 e. The molecule has 0 spiro atoms. The third-order valence-corrected chi connectivity index (χ3v) is 5.71. The van der Waals surface area contributed by atoms with Crippen LogP contribution in [0.3, 0.4) is 0 Å². The lowest BCUT2D eigenvalue weighted by atomic mass is 9.96. The van der Waals surface area contributed by atoms with Crippen LogP contribution in [0.15, 0.2) is 48.9 Å². The normalized spacial score (nSPS) is 15.5. The van der Waals surface area contributed by atoms with Crippen LogP contribution in [0.2, 0.25) is 5.02 Å². The molecule has 0 saturated carbocycles. The van der Waals surface area contributed by atoms with E-state index < -0.39 is 0 Å². The number of carbonyl (C=O) groups is 1. The van der Waals surface area contributed by atoms with Gasteiger partial charge in [-0.1, -0.05) is 23.7 Å². The van der Waals surface area contributed by atoms with Crippen molar-refractivity contribution in [2.75, 3.05) is 18.4 Å². The maximum atomic E-state index is 12.8. The molecule has 1 fully saturated rings. The summed E-state index contributed by atoms with van der Waals surface area (Å²) in [5.74, 6) is 1.87. The number of anilines is 1. The lowest BCUT2D eigenvalue weighted by Crippen LogP contribution is -2.38. The van der Waals surface area contributed by atoms with Crippen LogP contribution in [0.1, 0.15) is 24.2 Å². The number of rotatable bonds is 6. The molecular formula is C21H25ClN6O. The van der Waals surface area contributed by atoms with Gasteiger partial charge in [0.05, 0.1) is 19.3 Å². The Balaban J connectivity index is 1.31. The molecular weight excluding hydrogens is 388 g/mol. The van der Waals surface area contributed by atoms with Gasteiger partial charge in [0.25, 0.3) is 0 Å². The number of aryl methyl sites for hydroxylation is 1. The Bertz CT molecular complexity index is 956. The van der Waals surface area contributed by atoms with Crippen molar-refractivity contribution in [3.63, 3.8) is 0 Å². The number of nitrogens with one attached hydrogen (secondary N) is 1. The van der Waals surface area contributed by atoms with E-state index in [0.29, 0.717) is 11.6 Å². The fourth-order valence-electron chi connectivity index (χ4n) is 3.66. The summed E-state index contributed by atoms with van der Waals surface area (Å²) in [5.41, 5.74) is 1.08. The van der Waals surface area contributed by atoms with Gasteiger partial charge >= 0.3 is 0 Å². The minimum atomic E-state index is 0.0199. The van der Waals surface area contributed by atoms with E-state index >= 15 is 0 Å². The average molecular weight is 413 g/mol. The summed E-state index contributed by atoms with van der Waals surface area (Å²) >= 11 is 5.95. The molecule has 0 atom stereocenters. The monoisotopic (exact) mass is 412 g/mol. The number of likely N-dealkylation sites (tertiary alicyclic amines) is 1. The van der Waals surface area contributed by atoms with Gasteiger partial charge < -0.3 is 9.88 Å². The van der Waals surface area contributed by atoms with Crippen LogP contribution in [0.5, 0.6) is 0 Å². The molecule has 1 aliphatic heterocycles. The fraction of sp³-hybridized carbons (Fsp3) is 0.381. The van der Waals surface area contributed by atoms with Crippen LogP contribution >= 0.6 is 11.6 Å². The second kappa shape index (κ2) is 8.80. The van der Waals surface area contributed by atoms with E-state index in [9.17, 15) is 4.79 Å². The van der Waals surface area contributed by atoms with Crippen molar-refractivity contribution in [3.8, 4) is 0 Å². The van der Waals surface area contributed by atoms with Crippen molar-refractivity contribution in [1.82, 2.24) is 24.2 Å². The Morgan fingerprint density at radius 2 is 1.90 bits per heavy atom. The zero-order chi connectivity index (χ0) is 20.2. The molecule has 1 saturated heterocycles. The molecule has 152 valence electrons. The summed E-state index contributed by atoms with van der Waals surface area (Å²) in [6.07, 6.45) is 7.19. The largest absolute Gasteiger partial charge is 0.337 e. The van der Waals surface area contributed by atoms with Crippen LogP contribution in [0.25, 0.3) is 0 Å². The molecule has 1 aromatic carbocycles. The first-order valence-electron chi connectivity index (χ1n) is 9.84. The van der Waals surface area contributed by atoms with E-state index in [0.717, 1.165) is 49.7 Å². The van der Waals surface area contributed by atoms with Gasteiger partial charge in [-0.3, -0.25) is 9.69 Å². The topological polar surface area (TPSA) is 68.0 Å². The van der Waals surface area contributed by atoms with E-state index in [1.54, 1.807) is 10.9 Å². The van der Waals surface area contributed by atoms with Gasteiger partial charge in [0.15, 0.2) is 0 Å². The van der Waals surface area contributed by atoms with E-state index in [2.05, 4.69) is 20.3 Å². The third-order valence-electron chi connectivity index (χ3n) is 5.46. The van der Waals surface area contributed by atoms with Crippen molar-refractivity contribution in [1.29, 1.82) is 0 Å². The lowest BCUT2D eigenvalue weighted by molar-refractivity contribution is -0.121. The summed E-state index contributed by atoms with van der Waals surface area (Å²) in [4.78, 5) is 19.5. The second-order valence-electron chi connectivity index (χ2n) is 7.49. The van der Waals surface area contributed by atoms with E-state index in [1.165, 1.54) is 0 Å². The third kappa shape index (κ3) is 4.86. The Kier molecular flexibility index (Phi) is 5.97. The Hall–Kier alpha value is -2.64. The van der Waals surface area contributed by atoms with Crippen LogP contribution < -0.4 is 5.32 Å². The molecule has 3 aromatic rings. The van der Waals surface area contributed by atoms with Crippen LogP contribution in [0, 0.1) is 5.92 Å². The number of carbonyl (C=O) groups excluding carboxylic acids is 1. The van der Waals surface area contributed by atoms with Crippen LogP contribution in [-0.4, -0.2) is 43.2 Å². The van der Waals surface area contributed by atoms with Gasteiger partial charge in [-0.15, -0.1) is 0 Å². The summed E-state index contributed by atoms with van der Waals surface area (Å²) in [7, 11) is 2.01. The van der Waals surface area contributed by atoms with E-state index in [-0.39, 0.29) is 11.8 Å². The first-order valence-corrected chi connectivity index (χ1v) is 10.2. The standard InChI is InChI=1S/C21H25ClN6O/c1-26-13-10-23-20(26)15-27-11-7-17(8-12-27)21(29)25-19-6-9-24-28(19)14-16-2-4-18(22)5-3-16/h2-6,9-10,13,17H,7-8,11-12,14-15H2,1H3,(H,25,29). The number of halogens is 1. The second-order valence-corrected chi connectivity index (χ2v) is 7.93. The maximum Gasteiger partial charge on any atom is 0.228 e. The SMILES string of the molecule is Cn1ccnc1CN1CCC(C(=O)Nc2ccnn2Cc2ccc(Cl)cc2)CC1. The van der Waals surface area contributed by atoms with Crippen molar-refractivity contribution in [2.24, 2.45) is 13.0 Å².